The van der Waals surface area contributed by atoms with Gasteiger partial charge in [0.25, 0.3) is 0 Å². The molecule has 1 saturated heterocycles. The lowest BCUT2D eigenvalue weighted by Gasteiger charge is -2.38. The van der Waals surface area contributed by atoms with Crippen LogP contribution in [-0.2, 0) is 4.79 Å². The molecule has 0 aromatic heterocycles. The summed E-state index contributed by atoms with van der Waals surface area (Å²) in [6.07, 6.45) is 12.5. The number of hydrogen-bond acceptors (Lipinski definition) is 5. The largest absolute Gasteiger partial charge is 0.385 e. The monoisotopic (exact) mass is 561 g/mol. The Labute approximate surface area is 244 Å². The van der Waals surface area contributed by atoms with Crippen LogP contribution < -0.4 is 27.4 Å². The van der Waals surface area contributed by atoms with E-state index >= 15 is 0 Å². The van der Waals surface area contributed by atoms with Crippen LogP contribution >= 0.6 is 0 Å². The Morgan fingerprint density at radius 1 is 1.25 bits per heavy atom. The molecule has 0 bridgehead atoms. The first kappa shape index (κ1) is 34.5. The average Bonchev–Trinajstić information content (AvgIpc) is 2.93. The van der Waals surface area contributed by atoms with Crippen LogP contribution in [0.25, 0.3) is 0 Å². The molecule has 40 heavy (non-hydrogen) atoms. The SMILES string of the molecule is C/C=C(\NCC(F)CCC(C)CCCC)C(C(=O)NC1CNCCC1/C1=C(\C)C(C)C/C(CC)=C/CC1)C(N)N. The summed E-state index contributed by atoms with van der Waals surface area (Å²) in [6.45, 7) is 14.9. The zero-order chi connectivity index (χ0) is 29.7. The molecule has 7 heteroatoms. The fourth-order valence-electron chi connectivity index (χ4n) is 6.45. The number of nitrogens with two attached hydrogens (primary N) is 2. The number of piperidine rings is 1. The van der Waals surface area contributed by atoms with Gasteiger partial charge in [-0.25, -0.2) is 4.39 Å². The first-order valence-corrected chi connectivity index (χ1v) is 16.1. The second kappa shape index (κ2) is 18.0. The number of nitrogens with one attached hydrogen (secondary N) is 3. The van der Waals surface area contributed by atoms with Gasteiger partial charge in [0.2, 0.25) is 5.91 Å². The van der Waals surface area contributed by atoms with E-state index in [2.05, 4.69) is 56.6 Å². The van der Waals surface area contributed by atoms with E-state index < -0.39 is 18.3 Å². The third-order valence-corrected chi connectivity index (χ3v) is 9.24. The Morgan fingerprint density at radius 3 is 2.65 bits per heavy atom. The van der Waals surface area contributed by atoms with Crippen molar-refractivity contribution in [1.29, 1.82) is 0 Å². The summed E-state index contributed by atoms with van der Waals surface area (Å²) in [4.78, 5) is 13.7. The van der Waals surface area contributed by atoms with E-state index in [0.29, 0.717) is 30.5 Å². The number of rotatable bonds is 15. The molecular weight excluding hydrogens is 501 g/mol. The van der Waals surface area contributed by atoms with Crippen molar-refractivity contribution in [3.63, 3.8) is 0 Å². The molecule has 1 aliphatic heterocycles. The van der Waals surface area contributed by atoms with Gasteiger partial charge in [-0.1, -0.05) is 75.8 Å². The van der Waals surface area contributed by atoms with Crippen molar-refractivity contribution in [3.05, 3.63) is 34.6 Å². The molecule has 1 heterocycles. The minimum atomic E-state index is -0.984. The molecule has 2 rings (SSSR count). The van der Waals surface area contributed by atoms with E-state index in [1.165, 1.54) is 24.0 Å². The number of carbonyl (C=O) groups excluding carboxylic acids is 1. The van der Waals surface area contributed by atoms with E-state index in [1.54, 1.807) is 5.57 Å². The number of carbonyl (C=O) groups is 1. The summed E-state index contributed by atoms with van der Waals surface area (Å²) < 4.78 is 14.8. The molecule has 0 aromatic carbocycles. The molecule has 0 spiro atoms. The lowest BCUT2D eigenvalue weighted by atomic mass is 9.76. The van der Waals surface area contributed by atoms with Crippen molar-refractivity contribution >= 4 is 5.91 Å². The maximum Gasteiger partial charge on any atom is 0.232 e. The Bertz CT molecular complexity index is 867. The smallest absolute Gasteiger partial charge is 0.232 e. The summed E-state index contributed by atoms with van der Waals surface area (Å²) >= 11 is 0. The molecule has 2 aliphatic rings. The van der Waals surface area contributed by atoms with Crippen LogP contribution in [0, 0.1) is 23.7 Å². The van der Waals surface area contributed by atoms with E-state index in [9.17, 15) is 9.18 Å². The van der Waals surface area contributed by atoms with Crippen molar-refractivity contribution in [1.82, 2.24) is 16.0 Å². The molecule has 1 fully saturated rings. The summed E-state index contributed by atoms with van der Waals surface area (Å²) in [7, 11) is 0. The van der Waals surface area contributed by atoms with Crippen molar-refractivity contribution in [2.45, 2.75) is 124 Å². The maximum atomic E-state index is 14.8. The Balaban J connectivity index is 2.08. The van der Waals surface area contributed by atoms with Crippen LogP contribution in [-0.4, -0.2) is 43.9 Å². The highest BCUT2D eigenvalue weighted by atomic mass is 19.1. The molecule has 1 amide bonds. The van der Waals surface area contributed by atoms with E-state index in [1.807, 2.05) is 13.0 Å². The van der Waals surface area contributed by atoms with Gasteiger partial charge in [0, 0.05) is 30.7 Å². The number of amides is 1. The second-order valence-electron chi connectivity index (χ2n) is 12.4. The molecule has 6 unspecified atom stereocenters. The molecule has 6 nitrogen and oxygen atoms in total. The number of unbranched alkanes of at least 4 members (excludes halogenated alkanes) is 1. The zero-order valence-electron chi connectivity index (χ0n) is 26.3. The van der Waals surface area contributed by atoms with Crippen LogP contribution in [0.1, 0.15) is 106 Å². The van der Waals surface area contributed by atoms with Crippen LogP contribution in [0.5, 0.6) is 0 Å². The lowest BCUT2D eigenvalue weighted by Crippen LogP contribution is -2.57. The van der Waals surface area contributed by atoms with Gasteiger partial charge in [-0.15, -0.1) is 0 Å². The Hall–Kier alpha value is -1.70. The molecule has 6 atom stereocenters. The second-order valence-corrected chi connectivity index (χ2v) is 12.4. The summed E-state index contributed by atoms with van der Waals surface area (Å²) in [5.41, 5.74) is 17.5. The standard InChI is InChI=1S/C33H60FN5O/c1-7-10-12-22(4)15-16-26(34)20-38-29(9-3)31(32(35)36)33(40)39-30-21-37-18-17-28(30)27-14-11-13-25(8-2)19-23(5)24(27)6/h9,13,22-23,26,28,30-32,37-38H,7-8,10-12,14-21,35-36H2,1-6H3,(H,39,40)/b25-13+,27-24+,29-9-. The summed E-state index contributed by atoms with van der Waals surface area (Å²) in [5.74, 6) is 0.357. The predicted octanol–water partition coefficient (Wildman–Crippen LogP) is 5.85. The number of allylic oxidation sites excluding steroid dienone is 4. The van der Waals surface area contributed by atoms with Crippen molar-refractivity contribution in [2.75, 3.05) is 19.6 Å². The normalized spacial score (nSPS) is 28.2. The van der Waals surface area contributed by atoms with Crippen LogP contribution in [0.3, 0.4) is 0 Å². The minimum Gasteiger partial charge on any atom is -0.385 e. The van der Waals surface area contributed by atoms with Gasteiger partial charge in [-0.2, -0.15) is 0 Å². The molecule has 0 radical (unpaired) electrons. The number of halogens is 1. The fraction of sp³-hybridized carbons (Fsp3) is 0.788. The Morgan fingerprint density at radius 2 is 2.00 bits per heavy atom. The first-order valence-electron chi connectivity index (χ1n) is 16.1. The molecule has 7 N–H and O–H groups in total. The van der Waals surface area contributed by atoms with Gasteiger partial charge in [-0.05, 0) is 77.2 Å². The van der Waals surface area contributed by atoms with Crippen molar-refractivity contribution < 1.29 is 9.18 Å². The van der Waals surface area contributed by atoms with Gasteiger partial charge >= 0.3 is 0 Å². The van der Waals surface area contributed by atoms with Gasteiger partial charge in [0.1, 0.15) is 12.1 Å². The number of alkyl halides is 1. The Kier molecular flexibility index (Phi) is 15.5. The molecular formula is C33H60FN5O. The third kappa shape index (κ3) is 10.6. The quantitative estimate of drug-likeness (QED) is 0.127. The van der Waals surface area contributed by atoms with E-state index in [-0.39, 0.29) is 24.4 Å². The predicted molar refractivity (Wildman–Crippen MR) is 167 cm³/mol. The van der Waals surface area contributed by atoms with Crippen LogP contribution in [0.4, 0.5) is 4.39 Å². The topological polar surface area (TPSA) is 105 Å². The van der Waals surface area contributed by atoms with Gasteiger partial charge < -0.3 is 27.4 Å². The highest BCUT2D eigenvalue weighted by Gasteiger charge is 2.35. The zero-order valence-corrected chi connectivity index (χ0v) is 26.3. The highest BCUT2D eigenvalue weighted by Crippen LogP contribution is 2.36. The number of hydrogen-bond donors (Lipinski definition) is 5. The van der Waals surface area contributed by atoms with Crippen LogP contribution in [0.15, 0.2) is 34.6 Å². The summed E-state index contributed by atoms with van der Waals surface area (Å²) in [6, 6.07) is -0.0367. The fourth-order valence-corrected chi connectivity index (χ4v) is 6.45. The van der Waals surface area contributed by atoms with Crippen LogP contribution in [0.2, 0.25) is 0 Å². The van der Waals surface area contributed by atoms with E-state index in [4.69, 9.17) is 11.5 Å². The van der Waals surface area contributed by atoms with Crippen molar-refractivity contribution in [3.8, 4) is 0 Å². The lowest BCUT2D eigenvalue weighted by molar-refractivity contribution is -0.125. The molecule has 1 aliphatic carbocycles. The van der Waals surface area contributed by atoms with Gasteiger partial charge in [-0.3, -0.25) is 4.79 Å². The third-order valence-electron chi connectivity index (χ3n) is 9.24. The summed E-state index contributed by atoms with van der Waals surface area (Å²) in [5, 5.41) is 9.97. The highest BCUT2D eigenvalue weighted by molar-refractivity contribution is 5.82. The minimum absolute atomic E-state index is 0.0367. The average molecular weight is 562 g/mol. The van der Waals surface area contributed by atoms with Crippen molar-refractivity contribution in [2.24, 2.45) is 35.1 Å². The van der Waals surface area contributed by atoms with Gasteiger partial charge in [0.05, 0.1) is 6.17 Å². The molecule has 230 valence electrons. The first-order chi connectivity index (χ1) is 19.1. The van der Waals surface area contributed by atoms with Gasteiger partial charge in [0.15, 0.2) is 0 Å². The molecule has 0 aromatic rings. The maximum absolute atomic E-state index is 14.8. The molecule has 0 saturated carbocycles. The van der Waals surface area contributed by atoms with E-state index in [0.717, 1.165) is 51.5 Å².